The van der Waals surface area contributed by atoms with Gasteiger partial charge in [0.05, 0.1) is 4.92 Å². The van der Waals surface area contributed by atoms with E-state index in [0.717, 1.165) is 13.1 Å². The van der Waals surface area contributed by atoms with Crippen LogP contribution in [0, 0.1) is 10.1 Å². The van der Waals surface area contributed by atoms with E-state index in [0.29, 0.717) is 12.1 Å². The van der Waals surface area contributed by atoms with Crippen molar-refractivity contribution in [1.29, 1.82) is 0 Å². The molecule has 3 rings (SSSR count). The summed E-state index contributed by atoms with van der Waals surface area (Å²) in [6.45, 7) is 4.23. The maximum atomic E-state index is 11.3. The Kier molecular flexibility index (Phi) is 3.87. The highest BCUT2D eigenvalue weighted by atomic mass is 16.6. The molecule has 1 aromatic heterocycles. The van der Waals surface area contributed by atoms with Crippen molar-refractivity contribution < 1.29 is 9.72 Å². The first-order chi connectivity index (χ1) is 11.0. The van der Waals surface area contributed by atoms with Crippen molar-refractivity contribution in [3.05, 3.63) is 63.5 Å². The molecule has 1 aliphatic heterocycles. The molecule has 0 fully saturated rings. The quantitative estimate of drug-likeness (QED) is 0.690. The molecule has 2 N–H and O–H groups in total. The second kappa shape index (κ2) is 5.85. The highest BCUT2D eigenvalue weighted by molar-refractivity contribution is 5.93. The smallest absolute Gasteiger partial charge is 0.274 e. The van der Waals surface area contributed by atoms with E-state index in [9.17, 15) is 14.9 Å². The van der Waals surface area contributed by atoms with Gasteiger partial charge in [-0.15, -0.1) is 0 Å². The molecule has 120 valence electrons. The lowest BCUT2D eigenvalue weighted by atomic mass is 10.1. The average Bonchev–Trinajstić information content (AvgIpc) is 2.99. The van der Waals surface area contributed by atoms with Crippen LogP contribution in [0.1, 0.15) is 34.6 Å². The Morgan fingerprint density at radius 1 is 1.39 bits per heavy atom. The van der Waals surface area contributed by atoms with Gasteiger partial charge in [-0.25, -0.2) is 0 Å². The fourth-order valence-electron chi connectivity index (χ4n) is 3.08. The van der Waals surface area contributed by atoms with E-state index in [2.05, 4.69) is 22.5 Å². The fraction of sp³-hybridized carbons (Fsp3) is 0.312. The Morgan fingerprint density at radius 2 is 2.17 bits per heavy atom. The van der Waals surface area contributed by atoms with Crippen LogP contribution in [-0.4, -0.2) is 26.8 Å². The topological polar surface area (TPSA) is 94.4 Å². The molecular formula is C16H18N4O3. The monoisotopic (exact) mass is 314 g/mol. The number of rotatable bonds is 4. The predicted octanol–water partition coefficient (Wildman–Crippen LogP) is 2.07. The lowest BCUT2D eigenvalue weighted by molar-refractivity contribution is -0.385. The molecule has 0 bridgehead atoms. The first-order valence-corrected chi connectivity index (χ1v) is 7.43. The lowest BCUT2D eigenvalue weighted by Gasteiger charge is -2.34. The van der Waals surface area contributed by atoms with Gasteiger partial charge in [-0.2, -0.15) is 0 Å². The van der Waals surface area contributed by atoms with Gasteiger partial charge in [0.1, 0.15) is 0 Å². The van der Waals surface area contributed by atoms with Crippen LogP contribution in [0.2, 0.25) is 0 Å². The summed E-state index contributed by atoms with van der Waals surface area (Å²) in [5, 5.41) is 11.3. The Hall–Kier alpha value is -2.67. The molecule has 0 radical (unpaired) electrons. The number of carbonyl (C=O) groups is 1. The van der Waals surface area contributed by atoms with Crippen LogP contribution >= 0.6 is 0 Å². The molecule has 0 aliphatic carbocycles. The molecule has 0 spiro atoms. The van der Waals surface area contributed by atoms with Crippen LogP contribution in [-0.2, 0) is 13.1 Å². The molecule has 7 nitrogen and oxygen atoms in total. The first kappa shape index (κ1) is 15.2. The number of nitro groups is 1. The van der Waals surface area contributed by atoms with Gasteiger partial charge in [0.15, 0.2) is 0 Å². The van der Waals surface area contributed by atoms with E-state index >= 15 is 0 Å². The Labute approximate surface area is 133 Å². The van der Waals surface area contributed by atoms with E-state index in [1.165, 1.54) is 11.8 Å². The third-order valence-electron chi connectivity index (χ3n) is 4.41. The third-order valence-corrected chi connectivity index (χ3v) is 4.41. The second-order valence-corrected chi connectivity index (χ2v) is 5.74. The SMILES string of the molecule is C[C@H]1c2cccn2CCN1Cc1ccc(C(N)=O)cc1[N+](=O)[O-]. The van der Waals surface area contributed by atoms with Crippen molar-refractivity contribution >= 4 is 11.6 Å². The van der Waals surface area contributed by atoms with Gasteiger partial charge in [-0.05, 0) is 25.1 Å². The normalized spacial score (nSPS) is 17.7. The van der Waals surface area contributed by atoms with E-state index in [1.54, 1.807) is 12.1 Å². The van der Waals surface area contributed by atoms with Crippen molar-refractivity contribution in [2.45, 2.75) is 26.1 Å². The summed E-state index contributed by atoms with van der Waals surface area (Å²) < 4.78 is 2.20. The van der Waals surface area contributed by atoms with Crippen molar-refractivity contribution in [2.75, 3.05) is 6.54 Å². The van der Waals surface area contributed by atoms with Gasteiger partial charge in [-0.3, -0.25) is 19.8 Å². The molecule has 1 aromatic carbocycles. The minimum atomic E-state index is -0.663. The largest absolute Gasteiger partial charge is 0.366 e. The minimum absolute atomic E-state index is 0.0607. The highest BCUT2D eigenvalue weighted by Gasteiger charge is 2.26. The molecule has 0 saturated carbocycles. The summed E-state index contributed by atoms with van der Waals surface area (Å²) in [5.74, 6) is -0.663. The average molecular weight is 314 g/mol. The van der Waals surface area contributed by atoms with Gasteiger partial charge in [-0.1, -0.05) is 6.07 Å². The van der Waals surface area contributed by atoms with Crippen LogP contribution in [0.5, 0.6) is 0 Å². The summed E-state index contributed by atoms with van der Waals surface area (Å²) in [4.78, 5) is 24.3. The number of nitrogens with zero attached hydrogens (tertiary/aromatic N) is 3. The molecule has 23 heavy (non-hydrogen) atoms. The van der Waals surface area contributed by atoms with E-state index in [4.69, 9.17) is 5.73 Å². The maximum absolute atomic E-state index is 11.3. The van der Waals surface area contributed by atoms with Crippen molar-refractivity contribution in [1.82, 2.24) is 9.47 Å². The van der Waals surface area contributed by atoms with Gasteiger partial charge in [0, 0.05) is 54.8 Å². The van der Waals surface area contributed by atoms with Gasteiger partial charge < -0.3 is 10.3 Å². The first-order valence-electron chi connectivity index (χ1n) is 7.43. The molecule has 0 unspecified atom stereocenters. The molecule has 1 atom stereocenters. The number of carbonyl (C=O) groups excluding carboxylic acids is 1. The Balaban J connectivity index is 1.88. The maximum Gasteiger partial charge on any atom is 0.274 e. The van der Waals surface area contributed by atoms with E-state index < -0.39 is 10.8 Å². The van der Waals surface area contributed by atoms with Crippen LogP contribution < -0.4 is 5.73 Å². The molecule has 0 saturated heterocycles. The zero-order valence-electron chi connectivity index (χ0n) is 12.8. The molecule has 2 aromatic rings. The zero-order chi connectivity index (χ0) is 16.6. The summed E-state index contributed by atoms with van der Waals surface area (Å²) in [6.07, 6.45) is 2.05. The van der Waals surface area contributed by atoms with Gasteiger partial charge in [0.2, 0.25) is 5.91 Å². The minimum Gasteiger partial charge on any atom is -0.366 e. The summed E-state index contributed by atoms with van der Waals surface area (Å²) >= 11 is 0. The van der Waals surface area contributed by atoms with Crippen LogP contribution in [0.25, 0.3) is 0 Å². The number of amides is 1. The standard InChI is InChI=1S/C16H18N4O3/c1-11-14-3-2-6-18(14)7-8-19(11)10-13-5-4-12(16(17)21)9-15(13)20(22)23/h2-6,9,11H,7-8,10H2,1H3,(H2,17,21)/t11-/m0/s1. The molecule has 2 heterocycles. The Morgan fingerprint density at radius 3 is 2.87 bits per heavy atom. The number of benzene rings is 1. The number of nitrogens with two attached hydrogens (primary N) is 1. The second-order valence-electron chi connectivity index (χ2n) is 5.74. The summed E-state index contributed by atoms with van der Waals surface area (Å²) in [6, 6.07) is 8.69. The zero-order valence-corrected chi connectivity index (χ0v) is 12.8. The molecule has 7 heteroatoms. The summed E-state index contributed by atoms with van der Waals surface area (Å²) in [5.41, 5.74) is 7.09. The number of nitro benzene ring substituents is 1. The number of aromatic nitrogens is 1. The number of primary amides is 1. The van der Waals surface area contributed by atoms with Crippen molar-refractivity contribution in [3.63, 3.8) is 0 Å². The van der Waals surface area contributed by atoms with Gasteiger partial charge >= 0.3 is 0 Å². The molecular weight excluding hydrogens is 296 g/mol. The van der Waals surface area contributed by atoms with E-state index in [1.807, 2.05) is 12.3 Å². The number of fused-ring (bicyclic) bond motifs is 1. The summed E-state index contributed by atoms with van der Waals surface area (Å²) in [7, 11) is 0. The molecule has 1 amide bonds. The lowest BCUT2D eigenvalue weighted by Crippen LogP contribution is -2.36. The van der Waals surface area contributed by atoms with Crippen LogP contribution in [0.4, 0.5) is 5.69 Å². The van der Waals surface area contributed by atoms with Crippen LogP contribution in [0.15, 0.2) is 36.5 Å². The van der Waals surface area contributed by atoms with Crippen LogP contribution in [0.3, 0.4) is 0 Å². The predicted molar refractivity (Wildman–Crippen MR) is 84.9 cm³/mol. The molecule has 1 aliphatic rings. The van der Waals surface area contributed by atoms with Crippen molar-refractivity contribution in [3.8, 4) is 0 Å². The number of hydrogen-bond acceptors (Lipinski definition) is 4. The van der Waals surface area contributed by atoms with E-state index in [-0.39, 0.29) is 17.3 Å². The van der Waals surface area contributed by atoms with Gasteiger partial charge in [0.25, 0.3) is 5.69 Å². The number of hydrogen-bond donors (Lipinski definition) is 1. The van der Waals surface area contributed by atoms with Crippen molar-refractivity contribution in [2.24, 2.45) is 5.73 Å². The highest BCUT2D eigenvalue weighted by Crippen LogP contribution is 2.29. The third kappa shape index (κ3) is 2.83. The Bertz CT molecular complexity index is 768. The fourth-order valence-corrected chi connectivity index (χ4v) is 3.08.